The molecule has 1 aliphatic rings. The summed E-state index contributed by atoms with van der Waals surface area (Å²) < 4.78 is 0. The number of aliphatic hydroxyl groups is 1. The van der Waals surface area contributed by atoms with Gasteiger partial charge in [-0.25, -0.2) is 0 Å². The van der Waals surface area contributed by atoms with Gasteiger partial charge in [0.2, 0.25) is 41.4 Å². The lowest BCUT2D eigenvalue weighted by atomic mass is 10.0. The first kappa shape index (κ1) is 49.1. The first-order chi connectivity index (χ1) is 27.6. The lowest BCUT2D eigenvalue weighted by Gasteiger charge is -2.30. The molecule has 16 N–H and O–H groups in total. The fraction of sp³-hybridized carbons (Fsp3) is 0.595. The molecule has 22 heteroatoms. The van der Waals surface area contributed by atoms with Gasteiger partial charge in [0.15, 0.2) is 5.96 Å². The molecule has 59 heavy (non-hydrogen) atoms. The number of carboxylic acid groups (broad SMARTS) is 1. The molecule has 1 saturated heterocycles. The van der Waals surface area contributed by atoms with Crippen LogP contribution in [0.5, 0.6) is 5.75 Å². The predicted octanol–water partition coefficient (Wildman–Crippen LogP) is -3.65. The smallest absolute Gasteiger partial charge is 0.303 e. The Balaban J connectivity index is 2.24. The van der Waals surface area contributed by atoms with Gasteiger partial charge in [-0.2, -0.15) is 0 Å². The van der Waals surface area contributed by atoms with Gasteiger partial charge in [0, 0.05) is 32.4 Å². The highest BCUT2D eigenvalue weighted by Gasteiger charge is 2.41. The van der Waals surface area contributed by atoms with Gasteiger partial charge in [0.05, 0.1) is 18.2 Å². The van der Waals surface area contributed by atoms with E-state index < -0.39 is 102 Å². The topological polar surface area (TPSA) is 375 Å². The second-order valence-electron chi connectivity index (χ2n) is 15.0. The number of phenolic OH excluding ortho intramolecular Hbond substituents is 1. The number of aliphatic carboxylic acids is 1. The van der Waals surface area contributed by atoms with E-state index in [0.717, 1.165) is 4.90 Å². The molecule has 0 saturated carbocycles. The van der Waals surface area contributed by atoms with E-state index in [-0.39, 0.29) is 62.8 Å². The van der Waals surface area contributed by atoms with Gasteiger partial charge in [0.25, 0.3) is 0 Å². The van der Waals surface area contributed by atoms with Crippen LogP contribution >= 0.6 is 0 Å². The summed E-state index contributed by atoms with van der Waals surface area (Å²) >= 11 is 0. The third-order valence-corrected chi connectivity index (χ3v) is 9.36. The normalized spacial score (nSPS) is 17.3. The number of nitrogens with two attached hydrogens (primary N) is 3. The Morgan fingerprint density at radius 2 is 1.47 bits per heavy atom. The maximum Gasteiger partial charge on any atom is 0.303 e. The van der Waals surface area contributed by atoms with Crippen LogP contribution in [0.15, 0.2) is 24.3 Å². The molecule has 0 spiro atoms. The molecule has 8 atom stereocenters. The van der Waals surface area contributed by atoms with E-state index in [9.17, 15) is 53.7 Å². The SMILES string of the molecule is CC(C)C[C@@H](NC(=O)[C@@H](CCC(=O)O)N1C[C@H](NC(=O)[C@H](NC(=O)[C@@H](Cc2ccc(O)cc2)NC(=O)[C@H](N)CCCNC(=N)N)[C@@H](C)O)CC1=O)C(=O)N[C@H](C)C(N)=O. The molecule has 0 bridgehead atoms. The maximum atomic E-state index is 13.7. The number of likely N-dealkylation sites (tertiary alicyclic amines) is 1. The van der Waals surface area contributed by atoms with E-state index >= 15 is 0 Å². The summed E-state index contributed by atoms with van der Waals surface area (Å²) in [4.78, 5) is 105. The first-order valence-corrected chi connectivity index (χ1v) is 19.2. The molecule has 1 aliphatic heterocycles. The van der Waals surface area contributed by atoms with Crippen molar-refractivity contribution in [3.05, 3.63) is 29.8 Å². The number of aliphatic hydroxyl groups excluding tert-OH is 1. The average Bonchev–Trinajstić information content (AvgIpc) is 3.50. The summed E-state index contributed by atoms with van der Waals surface area (Å²) in [6, 6.07) is -2.79. The van der Waals surface area contributed by atoms with Crippen LogP contribution in [0, 0.1) is 11.3 Å². The van der Waals surface area contributed by atoms with Crippen LogP contribution in [0.2, 0.25) is 0 Å². The number of hydrogen-bond donors (Lipinski definition) is 13. The Labute approximate surface area is 341 Å². The van der Waals surface area contributed by atoms with Crippen LogP contribution in [0.4, 0.5) is 0 Å². The Morgan fingerprint density at radius 1 is 0.864 bits per heavy atom. The Morgan fingerprint density at radius 3 is 2.03 bits per heavy atom. The van der Waals surface area contributed by atoms with Gasteiger partial charge in [0.1, 0.15) is 36.0 Å². The van der Waals surface area contributed by atoms with Gasteiger partial charge in [-0.3, -0.25) is 43.8 Å². The average molecular weight is 834 g/mol. The van der Waals surface area contributed by atoms with E-state index in [1.165, 1.54) is 38.1 Å². The molecule has 7 amide bonds. The number of benzene rings is 1. The fourth-order valence-corrected chi connectivity index (χ4v) is 6.16. The largest absolute Gasteiger partial charge is 0.508 e. The summed E-state index contributed by atoms with van der Waals surface area (Å²) in [5.74, 6) is -7.17. The lowest BCUT2D eigenvalue weighted by Crippen LogP contribution is -2.60. The van der Waals surface area contributed by atoms with Gasteiger partial charge >= 0.3 is 5.97 Å². The van der Waals surface area contributed by atoms with Crippen molar-refractivity contribution < 1.29 is 53.7 Å². The highest BCUT2D eigenvalue weighted by molar-refractivity contribution is 5.96. The van der Waals surface area contributed by atoms with Crippen molar-refractivity contribution >= 4 is 53.3 Å². The van der Waals surface area contributed by atoms with E-state index in [2.05, 4.69) is 31.9 Å². The Hall–Kier alpha value is -6.03. The van der Waals surface area contributed by atoms with Gasteiger partial charge in [-0.1, -0.05) is 26.0 Å². The summed E-state index contributed by atoms with van der Waals surface area (Å²) in [5.41, 5.74) is 17.1. The van der Waals surface area contributed by atoms with Crippen LogP contribution < -0.4 is 49.1 Å². The number of nitrogens with zero attached hydrogens (tertiary/aromatic N) is 1. The zero-order valence-electron chi connectivity index (χ0n) is 33.7. The number of guanidine groups is 1. The molecule has 22 nitrogen and oxygen atoms in total. The number of amides is 7. The Kier molecular flexibility index (Phi) is 19.5. The van der Waals surface area contributed by atoms with Gasteiger partial charge < -0.3 is 69.3 Å². The monoisotopic (exact) mass is 833 g/mol. The van der Waals surface area contributed by atoms with Crippen molar-refractivity contribution in [1.82, 2.24) is 36.8 Å². The number of carboxylic acids is 1. The fourth-order valence-electron chi connectivity index (χ4n) is 6.16. The number of primary amides is 1. The second-order valence-corrected chi connectivity index (χ2v) is 15.0. The lowest BCUT2D eigenvalue weighted by molar-refractivity contribution is -0.142. The van der Waals surface area contributed by atoms with Crippen molar-refractivity contribution in [1.29, 1.82) is 5.41 Å². The van der Waals surface area contributed by atoms with E-state index in [1.807, 2.05) is 0 Å². The van der Waals surface area contributed by atoms with Crippen LogP contribution in [0.25, 0.3) is 0 Å². The van der Waals surface area contributed by atoms with Crippen molar-refractivity contribution in [3.63, 3.8) is 0 Å². The van der Waals surface area contributed by atoms with Crippen LogP contribution in [0.3, 0.4) is 0 Å². The third-order valence-electron chi connectivity index (χ3n) is 9.36. The number of nitrogens with one attached hydrogen (secondary N) is 7. The van der Waals surface area contributed by atoms with Crippen molar-refractivity contribution in [2.75, 3.05) is 13.1 Å². The molecule has 1 fully saturated rings. The van der Waals surface area contributed by atoms with Crippen molar-refractivity contribution in [2.45, 2.75) is 121 Å². The van der Waals surface area contributed by atoms with Gasteiger partial charge in [-0.15, -0.1) is 0 Å². The van der Waals surface area contributed by atoms with E-state index in [1.54, 1.807) is 13.8 Å². The molecule has 1 heterocycles. The Bertz CT molecular complexity index is 1680. The van der Waals surface area contributed by atoms with Crippen LogP contribution in [0.1, 0.15) is 71.8 Å². The second kappa shape index (κ2) is 23.4. The molecular formula is C37H59N11O11. The number of hydrogen-bond acceptors (Lipinski definition) is 12. The van der Waals surface area contributed by atoms with Crippen molar-refractivity contribution in [3.8, 4) is 5.75 Å². The standard InChI is InChI=1S/C37H59N11O11/c1-18(2)14-25(33(56)43-19(3)31(39)54)46-35(58)27(11-12-29(52)53)48-17-22(16-28(48)51)44-36(59)30(20(4)49)47-34(57)26(15-21-7-9-23(50)10-8-21)45-32(55)24(38)6-5-13-42-37(40)41/h7-10,18-20,22,24-27,30,49-50H,5-6,11-17,38H2,1-4H3,(H2,39,54)(H,43,56)(H,44,59)(H,45,55)(H,46,58)(H,47,57)(H,52,53)(H4,40,41,42)/t19-,20-,22-,24-,25-,26-,27-,30-/m1/s1. The number of carbonyl (C=O) groups excluding carboxylic acids is 7. The maximum absolute atomic E-state index is 13.7. The summed E-state index contributed by atoms with van der Waals surface area (Å²) in [5, 5.41) is 52.2. The number of aromatic hydroxyl groups is 1. The molecule has 1 aromatic rings. The summed E-state index contributed by atoms with van der Waals surface area (Å²) in [6.45, 7) is 6.16. The van der Waals surface area contributed by atoms with Crippen LogP contribution in [-0.4, -0.2) is 135 Å². The summed E-state index contributed by atoms with van der Waals surface area (Å²) in [6.07, 6.45) is -2.16. The zero-order chi connectivity index (χ0) is 44.6. The van der Waals surface area contributed by atoms with Gasteiger partial charge in [-0.05, 0) is 63.1 Å². The molecule has 2 rings (SSSR count). The minimum Gasteiger partial charge on any atom is -0.508 e. The van der Waals surface area contributed by atoms with E-state index in [4.69, 9.17) is 22.6 Å². The number of rotatable bonds is 24. The quantitative estimate of drug-likeness (QED) is 0.0272. The molecule has 328 valence electrons. The minimum atomic E-state index is -1.61. The van der Waals surface area contributed by atoms with Crippen molar-refractivity contribution in [2.24, 2.45) is 23.1 Å². The molecular weight excluding hydrogens is 774 g/mol. The highest BCUT2D eigenvalue weighted by Crippen LogP contribution is 2.20. The molecule has 1 aromatic carbocycles. The molecule has 0 aromatic heterocycles. The number of phenols is 1. The van der Waals surface area contributed by atoms with Crippen LogP contribution in [-0.2, 0) is 44.8 Å². The predicted molar refractivity (Wildman–Crippen MR) is 212 cm³/mol. The van der Waals surface area contributed by atoms with E-state index in [0.29, 0.717) is 12.0 Å². The molecule has 0 unspecified atom stereocenters. The molecule has 0 radical (unpaired) electrons. The summed E-state index contributed by atoms with van der Waals surface area (Å²) in [7, 11) is 0. The highest BCUT2D eigenvalue weighted by atomic mass is 16.4. The first-order valence-electron chi connectivity index (χ1n) is 19.2. The number of carbonyl (C=O) groups is 8. The third kappa shape index (κ3) is 16.8. The zero-order valence-corrected chi connectivity index (χ0v) is 33.7. The molecule has 0 aliphatic carbocycles. The minimum absolute atomic E-state index is 0.0435.